The number of nitrogens with two attached hydrogens (primary N) is 1. The van der Waals surface area contributed by atoms with Crippen LogP contribution in [-0.4, -0.2) is 15.4 Å². The number of ether oxygens (including phenoxy) is 1. The average Bonchev–Trinajstić information content (AvgIpc) is 2.68. The predicted octanol–water partition coefficient (Wildman–Crippen LogP) is 1.65. The number of nitrogen functional groups attached to an aromatic ring is 1. The van der Waals surface area contributed by atoms with Crippen molar-refractivity contribution in [2.45, 2.75) is 0 Å². The third kappa shape index (κ3) is 2.29. The highest BCUT2D eigenvalue weighted by Gasteiger charge is 2.12. The zero-order valence-corrected chi connectivity index (χ0v) is 8.90. The number of rotatable bonds is 2. The predicted molar refractivity (Wildman–Crippen MR) is 59.6 cm³/mol. The molecule has 16 heavy (non-hydrogen) atoms. The molecule has 82 valence electrons. The minimum atomic E-state index is -0.571. The van der Waals surface area contributed by atoms with Crippen LogP contribution >= 0.6 is 11.5 Å². The van der Waals surface area contributed by atoms with Gasteiger partial charge in [-0.2, -0.15) is 4.37 Å². The Hall–Kier alpha value is -2.08. The molecule has 6 heteroatoms. The van der Waals surface area contributed by atoms with E-state index < -0.39 is 5.97 Å². The van der Waals surface area contributed by atoms with Crippen molar-refractivity contribution in [2.24, 2.45) is 0 Å². The van der Waals surface area contributed by atoms with E-state index in [4.69, 9.17) is 15.6 Å². The van der Waals surface area contributed by atoms with E-state index >= 15 is 0 Å². The van der Waals surface area contributed by atoms with Crippen LogP contribution in [0.25, 0.3) is 0 Å². The fourth-order valence-electron chi connectivity index (χ4n) is 1.06. The fraction of sp³-hybridized carbons (Fsp3) is 0. The minimum absolute atomic E-state index is 0.109. The van der Waals surface area contributed by atoms with Gasteiger partial charge in [-0.1, -0.05) is 0 Å². The molecule has 0 radical (unpaired) electrons. The Labute approximate surface area is 95.3 Å². The molecule has 2 aromatic rings. The van der Waals surface area contributed by atoms with E-state index in [2.05, 4.69) is 4.37 Å². The van der Waals surface area contributed by atoms with Crippen LogP contribution in [0.3, 0.4) is 0 Å². The molecule has 0 amide bonds. The van der Waals surface area contributed by atoms with Crippen molar-refractivity contribution in [1.29, 1.82) is 0 Å². The first kappa shape index (κ1) is 10.4. The molecule has 0 saturated heterocycles. The number of hydrogen-bond donors (Lipinski definition) is 2. The van der Waals surface area contributed by atoms with Crippen LogP contribution in [0.5, 0.6) is 11.5 Å². The lowest BCUT2D eigenvalue weighted by molar-refractivity contribution is 0.0730. The molecule has 0 saturated carbocycles. The lowest BCUT2D eigenvalue weighted by Gasteiger charge is -2.01. The van der Waals surface area contributed by atoms with Crippen LogP contribution in [0.2, 0.25) is 0 Å². The monoisotopic (exact) mass is 236 g/mol. The number of phenols is 1. The van der Waals surface area contributed by atoms with Crippen molar-refractivity contribution < 1.29 is 14.6 Å². The van der Waals surface area contributed by atoms with Gasteiger partial charge in [0.1, 0.15) is 16.5 Å². The van der Waals surface area contributed by atoms with Gasteiger partial charge < -0.3 is 15.6 Å². The van der Waals surface area contributed by atoms with E-state index in [0.29, 0.717) is 10.8 Å². The summed E-state index contributed by atoms with van der Waals surface area (Å²) in [5, 5.41) is 9.50. The van der Waals surface area contributed by atoms with Gasteiger partial charge in [0, 0.05) is 6.07 Å². The summed E-state index contributed by atoms with van der Waals surface area (Å²) in [6.45, 7) is 0. The normalized spacial score (nSPS) is 10.0. The smallest absolute Gasteiger partial charge is 0.363 e. The Morgan fingerprint density at radius 3 is 2.62 bits per heavy atom. The number of aromatic hydroxyl groups is 1. The second kappa shape index (κ2) is 4.19. The molecule has 0 aliphatic carbocycles. The van der Waals surface area contributed by atoms with Gasteiger partial charge in [-0.25, -0.2) is 4.79 Å². The van der Waals surface area contributed by atoms with E-state index in [0.717, 1.165) is 11.5 Å². The van der Waals surface area contributed by atoms with Gasteiger partial charge in [-0.3, -0.25) is 0 Å². The number of anilines is 1. The number of aromatic nitrogens is 1. The van der Waals surface area contributed by atoms with Crippen LogP contribution < -0.4 is 10.5 Å². The number of benzene rings is 1. The summed E-state index contributed by atoms with van der Waals surface area (Å²) in [4.78, 5) is 11.5. The number of carbonyl (C=O) groups excluding carboxylic acids is 1. The number of nitrogens with zero attached hydrogens (tertiary/aromatic N) is 1. The highest BCUT2D eigenvalue weighted by atomic mass is 32.1. The summed E-state index contributed by atoms with van der Waals surface area (Å²) < 4.78 is 8.83. The number of esters is 1. The molecule has 1 heterocycles. The van der Waals surface area contributed by atoms with Gasteiger partial charge in [0.25, 0.3) is 0 Å². The van der Waals surface area contributed by atoms with E-state index in [9.17, 15) is 4.79 Å². The Kier molecular flexibility index (Phi) is 2.74. The summed E-state index contributed by atoms with van der Waals surface area (Å²) in [7, 11) is 0. The van der Waals surface area contributed by atoms with Crippen LogP contribution in [0, 0.1) is 0 Å². The fourth-order valence-corrected chi connectivity index (χ4v) is 1.55. The van der Waals surface area contributed by atoms with Crippen LogP contribution in [0.1, 0.15) is 10.5 Å². The standard InChI is InChI=1S/C10H8N2O3S/c11-9-5-8(12-16-9)10(14)15-7-3-1-6(13)2-4-7/h1-5,13H,11H2. The molecule has 0 aliphatic rings. The number of carbonyl (C=O) groups is 1. The van der Waals surface area contributed by atoms with Crippen molar-refractivity contribution in [1.82, 2.24) is 4.37 Å². The van der Waals surface area contributed by atoms with Crippen LogP contribution in [0.4, 0.5) is 5.00 Å². The van der Waals surface area contributed by atoms with Crippen molar-refractivity contribution in [3.63, 3.8) is 0 Å². The first-order chi connectivity index (χ1) is 7.65. The van der Waals surface area contributed by atoms with Gasteiger partial charge in [-0.05, 0) is 35.8 Å². The molecule has 3 N–H and O–H groups in total. The van der Waals surface area contributed by atoms with Crippen molar-refractivity contribution >= 4 is 22.5 Å². The highest BCUT2D eigenvalue weighted by Crippen LogP contribution is 2.18. The van der Waals surface area contributed by atoms with Crippen LogP contribution in [0.15, 0.2) is 30.3 Å². The largest absolute Gasteiger partial charge is 0.508 e. The summed E-state index contributed by atoms with van der Waals surface area (Å²) in [6.07, 6.45) is 0. The molecule has 1 aromatic carbocycles. The molecule has 0 bridgehead atoms. The Bertz CT molecular complexity index is 507. The molecule has 2 rings (SSSR count). The van der Waals surface area contributed by atoms with E-state index in [1.165, 1.54) is 30.3 Å². The lowest BCUT2D eigenvalue weighted by Crippen LogP contribution is -2.08. The first-order valence-corrected chi connectivity index (χ1v) is 5.16. The molecule has 0 aliphatic heterocycles. The van der Waals surface area contributed by atoms with Crippen LogP contribution in [-0.2, 0) is 0 Å². The molecular formula is C10H8N2O3S. The quantitative estimate of drug-likeness (QED) is 0.611. The van der Waals surface area contributed by atoms with E-state index in [1.807, 2.05) is 0 Å². The van der Waals surface area contributed by atoms with Gasteiger partial charge in [0.05, 0.1) is 0 Å². The Balaban J connectivity index is 2.10. The summed E-state index contributed by atoms with van der Waals surface area (Å²) in [5.74, 6) is -0.120. The zero-order valence-electron chi connectivity index (χ0n) is 8.08. The Morgan fingerprint density at radius 2 is 2.06 bits per heavy atom. The maximum atomic E-state index is 11.5. The van der Waals surface area contributed by atoms with Gasteiger partial charge in [-0.15, -0.1) is 0 Å². The van der Waals surface area contributed by atoms with E-state index in [-0.39, 0.29) is 11.4 Å². The second-order valence-electron chi connectivity index (χ2n) is 3.00. The maximum absolute atomic E-state index is 11.5. The van der Waals surface area contributed by atoms with Gasteiger partial charge in [0.2, 0.25) is 0 Å². The van der Waals surface area contributed by atoms with Gasteiger partial charge in [0.15, 0.2) is 5.69 Å². The summed E-state index contributed by atoms with van der Waals surface area (Å²) >= 11 is 1.03. The van der Waals surface area contributed by atoms with E-state index in [1.54, 1.807) is 0 Å². The van der Waals surface area contributed by atoms with Crippen molar-refractivity contribution in [3.8, 4) is 11.5 Å². The van der Waals surface area contributed by atoms with Gasteiger partial charge >= 0.3 is 5.97 Å². The summed E-state index contributed by atoms with van der Waals surface area (Å²) in [6, 6.07) is 7.29. The molecule has 0 spiro atoms. The second-order valence-corrected chi connectivity index (χ2v) is 3.83. The van der Waals surface area contributed by atoms with Crippen molar-refractivity contribution in [3.05, 3.63) is 36.0 Å². The number of phenolic OH excluding ortho intramolecular Hbond substituents is 1. The molecule has 0 unspecified atom stereocenters. The SMILES string of the molecule is Nc1cc(C(=O)Oc2ccc(O)cc2)ns1. The molecular weight excluding hydrogens is 228 g/mol. The lowest BCUT2D eigenvalue weighted by atomic mass is 10.3. The molecule has 1 aromatic heterocycles. The molecule has 0 fully saturated rings. The Morgan fingerprint density at radius 1 is 1.38 bits per heavy atom. The van der Waals surface area contributed by atoms with Crippen molar-refractivity contribution in [2.75, 3.05) is 5.73 Å². The topological polar surface area (TPSA) is 85.4 Å². The maximum Gasteiger partial charge on any atom is 0.363 e. The first-order valence-electron chi connectivity index (χ1n) is 4.38. The zero-order chi connectivity index (χ0) is 11.5. The third-order valence-corrected chi connectivity index (χ3v) is 2.40. The number of hydrogen-bond acceptors (Lipinski definition) is 6. The highest BCUT2D eigenvalue weighted by molar-refractivity contribution is 7.10. The third-order valence-electron chi connectivity index (χ3n) is 1.78. The summed E-state index contributed by atoms with van der Waals surface area (Å²) in [5.41, 5.74) is 5.62. The minimum Gasteiger partial charge on any atom is -0.508 e. The average molecular weight is 236 g/mol. The molecule has 0 atom stereocenters. The molecule has 5 nitrogen and oxygen atoms in total.